The molecule has 2 N–H and O–H groups in total. The maximum Gasteiger partial charge on any atom is 0.417 e. The molecule has 0 aliphatic heterocycles. The summed E-state index contributed by atoms with van der Waals surface area (Å²) in [6, 6.07) is 5.83. The Labute approximate surface area is 153 Å². The lowest BCUT2D eigenvalue weighted by Crippen LogP contribution is -2.05. The molecule has 0 amide bonds. The predicted octanol–water partition coefficient (Wildman–Crippen LogP) is 4.70. The van der Waals surface area contributed by atoms with Crippen molar-refractivity contribution in [2.24, 2.45) is 12.0 Å². The van der Waals surface area contributed by atoms with Gasteiger partial charge in [0, 0.05) is 29.5 Å². The number of aryl methyl sites for hydroxylation is 1. The highest BCUT2D eigenvalue weighted by molar-refractivity contribution is 9.18. The summed E-state index contributed by atoms with van der Waals surface area (Å²) in [6.45, 7) is 0. The van der Waals surface area contributed by atoms with Crippen molar-refractivity contribution >= 4 is 55.0 Å². The molecular weight excluding hydrogens is 423 g/mol. The quantitative estimate of drug-likeness (QED) is 0.471. The number of benzene rings is 1. The minimum atomic E-state index is -4.49. The van der Waals surface area contributed by atoms with Crippen LogP contribution in [0.25, 0.3) is 11.2 Å². The number of pyridine rings is 1. The monoisotopic (exact) mass is 431 g/mol. The fourth-order valence-electron chi connectivity index (χ4n) is 2.19. The van der Waals surface area contributed by atoms with E-state index in [9.17, 15) is 13.2 Å². The number of fused-ring (bicyclic) bond motifs is 1. The Bertz CT molecular complexity index is 997. The molecule has 0 radical (unpaired) electrons. The summed E-state index contributed by atoms with van der Waals surface area (Å²) < 4.78 is 40.3. The normalized spacial score (nSPS) is 12.8. The van der Waals surface area contributed by atoms with Crippen molar-refractivity contribution in [3.63, 3.8) is 0 Å². The van der Waals surface area contributed by atoms with E-state index in [4.69, 9.17) is 17.3 Å². The lowest BCUT2D eigenvalue weighted by atomic mass is 10.2. The second-order valence-electron chi connectivity index (χ2n) is 5.17. The van der Waals surface area contributed by atoms with Crippen molar-refractivity contribution in [3.05, 3.63) is 46.6 Å². The first-order valence-electron chi connectivity index (χ1n) is 6.86. The maximum atomic E-state index is 12.8. The van der Waals surface area contributed by atoms with Gasteiger partial charge < -0.3 is 5.73 Å². The molecule has 0 aliphatic carbocycles. The molecule has 2 aromatic heterocycles. The molecule has 3 rings (SSSR count). The van der Waals surface area contributed by atoms with Crippen molar-refractivity contribution in [1.29, 1.82) is 0 Å². The first kappa shape index (κ1) is 17.7. The summed E-state index contributed by atoms with van der Waals surface area (Å²) in [4.78, 5) is 12.2. The lowest BCUT2D eigenvalue weighted by molar-refractivity contribution is -0.137. The van der Waals surface area contributed by atoms with Crippen LogP contribution in [0.1, 0.15) is 11.1 Å². The van der Waals surface area contributed by atoms with Gasteiger partial charge in [0.1, 0.15) is 10.1 Å². The van der Waals surface area contributed by atoms with Gasteiger partial charge in [-0.1, -0.05) is 11.6 Å². The zero-order valence-electron chi connectivity index (χ0n) is 12.6. The van der Waals surface area contributed by atoms with Gasteiger partial charge in [0.2, 0.25) is 5.95 Å². The average molecular weight is 433 g/mol. The van der Waals surface area contributed by atoms with Crippen LogP contribution in [-0.4, -0.2) is 19.2 Å². The molecular formula is C15H10BrClF3N5. The molecule has 0 unspecified atom stereocenters. The second-order valence-corrected chi connectivity index (χ2v) is 6.36. The van der Waals surface area contributed by atoms with E-state index in [1.807, 2.05) is 0 Å². The summed E-state index contributed by atoms with van der Waals surface area (Å²) in [5.74, 6) is 0.183. The van der Waals surface area contributed by atoms with Crippen molar-refractivity contribution in [2.45, 2.75) is 6.18 Å². The number of nitrogens with two attached hydrogens (primary N) is 1. The van der Waals surface area contributed by atoms with E-state index < -0.39 is 11.7 Å². The summed E-state index contributed by atoms with van der Waals surface area (Å²) in [5, 5.41) is 0.480. The van der Waals surface area contributed by atoms with Crippen LogP contribution in [0.4, 0.5) is 24.8 Å². The zero-order chi connectivity index (χ0) is 18.4. The molecule has 0 bridgehead atoms. The summed E-state index contributed by atoms with van der Waals surface area (Å²) in [5.41, 5.74) is 6.40. The molecule has 130 valence electrons. The Kier molecular flexibility index (Phi) is 4.46. The fraction of sp³-hybridized carbons (Fsp3) is 0.133. The van der Waals surface area contributed by atoms with Crippen LogP contribution in [0.15, 0.2) is 35.5 Å². The number of aromatic nitrogens is 3. The Morgan fingerprint density at radius 3 is 2.68 bits per heavy atom. The van der Waals surface area contributed by atoms with Crippen LogP contribution in [0.3, 0.4) is 0 Å². The van der Waals surface area contributed by atoms with E-state index in [1.54, 1.807) is 25.2 Å². The first-order valence-corrected chi connectivity index (χ1v) is 8.03. The van der Waals surface area contributed by atoms with Gasteiger partial charge in [0.15, 0.2) is 5.65 Å². The van der Waals surface area contributed by atoms with Gasteiger partial charge in [-0.2, -0.15) is 13.2 Å². The summed E-state index contributed by atoms with van der Waals surface area (Å²) in [7, 11) is 1.61. The van der Waals surface area contributed by atoms with E-state index >= 15 is 0 Å². The fourth-order valence-corrected chi connectivity index (χ4v) is 2.89. The third kappa shape index (κ3) is 3.47. The number of imidazole rings is 1. The minimum absolute atomic E-state index is 0.0976. The van der Waals surface area contributed by atoms with Crippen LogP contribution in [0.2, 0.25) is 5.02 Å². The summed E-state index contributed by atoms with van der Waals surface area (Å²) in [6.07, 6.45) is -3.72. The Morgan fingerprint density at radius 1 is 1.32 bits per heavy atom. The Balaban J connectivity index is 2.07. The molecule has 1 aromatic carbocycles. The number of anilines is 1. The molecule has 3 aromatic rings. The Morgan fingerprint density at radius 2 is 2.04 bits per heavy atom. The third-order valence-electron chi connectivity index (χ3n) is 3.45. The predicted molar refractivity (Wildman–Crippen MR) is 94.5 cm³/mol. The van der Waals surface area contributed by atoms with E-state index in [0.717, 1.165) is 12.3 Å². The molecule has 0 spiro atoms. The van der Waals surface area contributed by atoms with Crippen LogP contribution in [0, 0.1) is 0 Å². The van der Waals surface area contributed by atoms with Crippen molar-refractivity contribution < 1.29 is 13.2 Å². The number of hydrogen-bond donors (Lipinski definition) is 1. The smallest absolute Gasteiger partial charge is 0.398 e. The molecule has 10 heteroatoms. The van der Waals surface area contributed by atoms with Crippen LogP contribution < -0.4 is 5.73 Å². The number of nitrogens with zero attached hydrogens (tertiary/aromatic N) is 4. The molecule has 0 aliphatic rings. The van der Waals surface area contributed by atoms with Gasteiger partial charge in [-0.25, -0.2) is 15.0 Å². The highest BCUT2D eigenvalue weighted by Crippen LogP contribution is 2.31. The standard InChI is InChI=1S/C15H10BrClF3N5/c1-25-13-11(4-7(6-22-13)15(18,19)20)23-14(25)24-12(16)9-3-2-8(17)5-10(9)21/h2-6H,21H2,1H3. The topological polar surface area (TPSA) is 69.1 Å². The molecule has 5 nitrogen and oxygen atoms in total. The van der Waals surface area contributed by atoms with Crippen molar-refractivity contribution in [1.82, 2.24) is 14.5 Å². The van der Waals surface area contributed by atoms with E-state index in [0.29, 0.717) is 20.9 Å². The van der Waals surface area contributed by atoms with E-state index in [-0.39, 0.29) is 17.1 Å². The van der Waals surface area contributed by atoms with Crippen LogP contribution in [0.5, 0.6) is 0 Å². The largest absolute Gasteiger partial charge is 0.417 e. The number of rotatable bonds is 2. The second kappa shape index (κ2) is 6.30. The molecule has 2 heterocycles. The Hall–Kier alpha value is -2.13. The molecule has 0 atom stereocenters. The average Bonchev–Trinajstić information content (AvgIpc) is 2.82. The number of hydrogen-bond acceptors (Lipinski definition) is 4. The highest BCUT2D eigenvalue weighted by atomic mass is 79.9. The van der Waals surface area contributed by atoms with Gasteiger partial charge in [-0.05, 0) is 40.2 Å². The maximum absolute atomic E-state index is 12.8. The number of alkyl halides is 3. The number of halogens is 5. The number of aliphatic imine (C=N–C) groups is 1. The van der Waals surface area contributed by atoms with Gasteiger partial charge in [0.05, 0.1) is 5.56 Å². The third-order valence-corrected chi connectivity index (χ3v) is 4.29. The van der Waals surface area contributed by atoms with Gasteiger partial charge in [-0.15, -0.1) is 0 Å². The van der Waals surface area contributed by atoms with E-state index in [1.165, 1.54) is 4.57 Å². The molecule has 0 saturated carbocycles. The molecule has 0 fully saturated rings. The lowest BCUT2D eigenvalue weighted by Gasteiger charge is -2.05. The van der Waals surface area contributed by atoms with Gasteiger partial charge in [-0.3, -0.25) is 4.57 Å². The molecule has 0 saturated heterocycles. The van der Waals surface area contributed by atoms with Gasteiger partial charge >= 0.3 is 6.18 Å². The van der Waals surface area contributed by atoms with Gasteiger partial charge in [0.25, 0.3) is 0 Å². The molecule has 25 heavy (non-hydrogen) atoms. The van der Waals surface area contributed by atoms with Crippen LogP contribution in [-0.2, 0) is 13.2 Å². The number of nitrogen functional groups attached to an aromatic ring is 1. The first-order chi connectivity index (χ1) is 11.7. The highest BCUT2D eigenvalue weighted by Gasteiger charge is 2.31. The SMILES string of the molecule is Cn1c(N=C(Br)c2ccc(Cl)cc2N)nc2cc(C(F)(F)F)cnc21. The van der Waals surface area contributed by atoms with Crippen LogP contribution >= 0.6 is 27.5 Å². The minimum Gasteiger partial charge on any atom is -0.398 e. The van der Waals surface area contributed by atoms with E-state index in [2.05, 4.69) is 30.9 Å². The van der Waals surface area contributed by atoms with Crippen molar-refractivity contribution in [2.75, 3.05) is 5.73 Å². The van der Waals surface area contributed by atoms with Crippen molar-refractivity contribution in [3.8, 4) is 0 Å². The summed E-state index contributed by atoms with van der Waals surface area (Å²) >= 11 is 9.17. The zero-order valence-corrected chi connectivity index (χ0v) is 15.0.